The first kappa shape index (κ1) is 15.2. The van der Waals surface area contributed by atoms with E-state index in [9.17, 15) is 5.11 Å². The Hall–Kier alpha value is -1.72. The number of imidazole rings is 1. The predicted octanol–water partition coefficient (Wildman–Crippen LogP) is 2.07. The topological polar surface area (TPSA) is 54.2 Å². The van der Waals surface area contributed by atoms with Crippen LogP contribution >= 0.6 is 0 Å². The van der Waals surface area contributed by atoms with Crippen LogP contribution in [0.3, 0.4) is 0 Å². The van der Waals surface area contributed by atoms with Gasteiger partial charge >= 0.3 is 0 Å². The lowest BCUT2D eigenvalue weighted by Gasteiger charge is -2.34. The highest BCUT2D eigenvalue weighted by Crippen LogP contribution is 2.29. The van der Waals surface area contributed by atoms with Crippen LogP contribution in [0.25, 0.3) is 0 Å². The number of hydrogen-bond acceptors (Lipinski definition) is 4. The highest BCUT2D eigenvalue weighted by atomic mass is 16.3. The summed E-state index contributed by atoms with van der Waals surface area (Å²) in [6.45, 7) is 4.86. The molecule has 2 atom stereocenters. The van der Waals surface area contributed by atoms with Crippen molar-refractivity contribution in [2.45, 2.75) is 32.4 Å². The minimum Gasteiger partial charge on any atom is -0.385 e. The fourth-order valence-corrected chi connectivity index (χ4v) is 3.19. The summed E-state index contributed by atoms with van der Waals surface area (Å²) in [5.41, 5.74) is 2.28. The van der Waals surface area contributed by atoms with Crippen molar-refractivity contribution in [2.24, 2.45) is 13.0 Å². The highest BCUT2D eigenvalue weighted by molar-refractivity contribution is 5.12. The summed E-state index contributed by atoms with van der Waals surface area (Å²) >= 11 is 0. The van der Waals surface area contributed by atoms with Gasteiger partial charge in [0.05, 0.1) is 5.69 Å². The molecule has 1 fully saturated rings. The van der Waals surface area contributed by atoms with Gasteiger partial charge in [-0.2, -0.15) is 0 Å². The summed E-state index contributed by atoms with van der Waals surface area (Å²) in [5, 5.41) is 10.6. The van der Waals surface area contributed by atoms with E-state index >= 15 is 0 Å². The molecular formula is C17H24N4O. The molecule has 2 aromatic rings. The fourth-order valence-electron chi connectivity index (χ4n) is 3.19. The van der Waals surface area contributed by atoms with Gasteiger partial charge in [0.2, 0.25) is 0 Å². The number of piperidine rings is 1. The molecule has 2 aromatic heterocycles. The molecule has 3 heterocycles. The van der Waals surface area contributed by atoms with E-state index in [0.717, 1.165) is 44.0 Å². The molecule has 5 nitrogen and oxygen atoms in total. The number of aryl methyl sites for hydroxylation is 2. The van der Waals surface area contributed by atoms with Crippen LogP contribution in [0.4, 0.5) is 0 Å². The van der Waals surface area contributed by atoms with Crippen LogP contribution in [0.2, 0.25) is 0 Å². The average Bonchev–Trinajstić information content (AvgIpc) is 2.95. The van der Waals surface area contributed by atoms with Crippen LogP contribution in [0, 0.1) is 12.8 Å². The Labute approximate surface area is 131 Å². The number of aromatic nitrogens is 3. The summed E-state index contributed by atoms with van der Waals surface area (Å²) in [7, 11) is 1.93. The van der Waals surface area contributed by atoms with E-state index in [2.05, 4.69) is 33.9 Å². The number of rotatable bonds is 4. The van der Waals surface area contributed by atoms with Crippen LogP contribution < -0.4 is 0 Å². The first-order valence-electron chi connectivity index (χ1n) is 7.92. The van der Waals surface area contributed by atoms with Crippen molar-refractivity contribution < 1.29 is 5.11 Å². The van der Waals surface area contributed by atoms with E-state index in [-0.39, 0.29) is 5.92 Å². The third kappa shape index (κ3) is 3.36. The Morgan fingerprint density at radius 2 is 2.23 bits per heavy atom. The van der Waals surface area contributed by atoms with Crippen LogP contribution in [0.5, 0.6) is 0 Å². The molecular weight excluding hydrogens is 276 g/mol. The summed E-state index contributed by atoms with van der Waals surface area (Å²) in [6, 6.07) is 4.20. The minimum atomic E-state index is -0.492. The molecule has 0 aromatic carbocycles. The molecule has 1 aliphatic rings. The first-order chi connectivity index (χ1) is 10.6. The van der Waals surface area contributed by atoms with Gasteiger partial charge in [0.1, 0.15) is 11.9 Å². The third-order valence-corrected chi connectivity index (χ3v) is 4.47. The van der Waals surface area contributed by atoms with Crippen molar-refractivity contribution in [3.05, 3.63) is 47.8 Å². The standard InChI is InChI=1S/C17H24N4O/c1-13-5-6-15(19-10-13)12-21-8-3-4-14(11-21)16(22)17-18-7-9-20(17)2/h5-7,9-10,14,16,22H,3-4,8,11-12H2,1-2H3. The number of nitrogens with zero attached hydrogens (tertiary/aromatic N) is 4. The van der Waals surface area contributed by atoms with Crippen molar-refractivity contribution in [1.82, 2.24) is 19.4 Å². The van der Waals surface area contributed by atoms with E-state index in [1.807, 2.05) is 24.0 Å². The Morgan fingerprint density at radius 3 is 2.91 bits per heavy atom. The summed E-state index contributed by atoms with van der Waals surface area (Å²) in [4.78, 5) is 11.2. The van der Waals surface area contributed by atoms with Gasteiger partial charge in [-0.25, -0.2) is 4.98 Å². The molecule has 0 amide bonds. The molecule has 0 saturated carbocycles. The normalized spacial score (nSPS) is 21.0. The minimum absolute atomic E-state index is 0.236. The number of aliphatic hydroxyl groups is 1. The van der Waals surface area contributed by atoms with Gasteiger partial charge in [-0.15, -0.1) is 0 Å². The van der Waals surface area contributed by atoms with Crippen molar-refractivity contribution in [2.75, 3.05) is 13.1 Å². The average molecular weight is 300 g/mol. The molecule has 2 unspecified atom stereocenters. The molecule has 3 rings (SSSR count). The van der Waals surface area contributed by atoms with Crippen LogP contribution in [0.15, 0.2) is 30.7 Å². The smallest absolute Gasteiger partial charge is 0.137 e. The van der Waals surface area contributed by atoms with Gasteiger partial charge in [0.25, 0.3) is 0 Å². The van der Waals surface area contributed by atoms with Crippen LogP contribution in [0.1, 0.15) is 36.0 Å². The summed E-state index contributed by atoms with van der Waals surface area (Å²) in [6.07, 6.45) is 7.21. The number of aliphatic hydroxyl groups excluding tert-OH is 1. The molecule has 1 aliphatic heterocycles. The fraction of sp³-hybridized carbons (Fsp3) is 0.529. The second-order valence-corrected chi connectivity index (χ2v) is 6.31. The quantitative estimate of drug-likeness (QED) is 0.939. The molecule has 118 valence electrons. The van der Waals surface area contributed by atoms with Crippen molar-refractivity contribution in [1.29, 1.82) is 0 Å². The largest absolute Gasteiger partial charge is 0.385 e. The molecule has 5 heteroatoms. The van der Waals surface area contributed by atoms with Gasteiger partial charge in [0.15, 0.2) is 0 Å². The van der Waals surface area contributed by atoms with Crippen molar-refractivity contribution in [3.63, 3.8) is 0 Å². The van der Waals surface area contributed by atoms with Crippen LogP contribution in [-0.2, 0) is 13.6 Å². The van der Waals surface area contributed by atoms with Gasteiger partial charge < -0.3 is 9.67 Å². The zero-order chi connectivity index (χ0) is 15.5. The Kier molecular flexibility index (Phi) is 4.55. The molecule has 22 heavy (non-hydrogen) atoms. The number of likely N-dealkylation sites (tertiary alicyclic amines) is 1. The lowest BCUT2D eigenvalue weighted by molar-refractivity contribution is 0.0401. The van der Waals surface area contributed by atoms with Gasteiger partial charge in [0, 0.05) is 44.6 Å². The zero-order valence-electron chi connectivity index (χ0n) is 13.3. The second kappa shape index (κ2) is 6.58. The van der Waals surface area contributed by atoms with Gasteiger partial charge in [-0.05, 0) is 37.9 Å². The van der Waals surface area contributed by atoms with Gasteiger partial charge in [-0.1, -0.05) is 6.07 Å². The van der Waals surface area contributed by atoms with Gasteiger partial charge in [-0.3, -0.25) is 9.88 Å². The SMILES string of the molecule is Cc1ccc(CN2CCCC(C(O)c3nccn3C)C2)nc1. The molecule has 0 radical (unpaired) electrons. The number of hydrogen-bond donors (Lipinski definition) is 1. The van der Waals surface area contributed by atoms with E-state index in [1.165, 1.54) is 5.56 Å². The van der Waals surface area contributed by atoms with E-state index < -0.39 is 6.10 Å². The van der Waals surface area contributed by atoms with E-state index in [1.54, 1.807) is 6.20 Å². The summed E-state index contributed by atoms with van der Waals surface area (Å²) in [5.74, 6) is 1.00. The molecule has 1 saturated heterocycles. The number of pyridine rings is 1. The lowest BCUT2D eigenvalue weighted by Crippen LogP contribution is -2.38. The molecule has 0 bridgehead atoms. The van der Waals surface area contributed by atoms with Crippen molar-refractivity contribution in [3.8, 4) is 0 Å². The molecule has 1 N–H and O–H groups in total. The zero-order valence-corrected chi connectivity index (χ0v) is 13.3. The lowest BCUT2D eigenvalue weighted by atomic mass is 9.92. The van der Waals surface area contributed by atoms with E-state index in [4.69, 9.17) is 0 Å². The maximum atomic E-state index is 10.6. The molecule has 0 aliphatic carbocycles. The Bertz CT molecular complexity index is 607. The first-order valence-corrected chi connectivity index (χ1v) is 7.92. The maximum Gasteiger partial charge on any atom is 0.137 e. The maximum absolute atomic E-state index is 10.6. The van der Waals surface area contributed by atoms with Crippen molar-refractivity contribution >= 4 is 0 Å². The van der Waals surface area contributed by atoms with E-state index in [0.29, 0.717) is 0 Å². The highest BCUT2D eigenvalue weighted by Gasteiger charge is 2.29. The van der Waals surface area contributed by atoms with Crippen LogP contribution in [-0.4, -0.2) is 37.6 Å². The Balaban J connectivity index is 1.64. The summed E-state index contributed by atoms with van der Waals surface area (Å²) < 4.78 is 1.91. The third-order valence-electron chi connectivity index (χ3n) is 4.47. The molecule has 0 spiro atoms. The Morgan fingerprint density at radius 1 is 1.36 bits per heavy atom. The monoisotopic (exact) mass is 300 g/mol. The second-order valence-electron chi connectivity index (χ2n) is 6.31. The predicted molar refractivity (Wildman–Crippen MR) is 85.1 cm³/mol.